The number of rotatable bonds is 12. The molecule has 0 unspecified atom stereocenters. The summed E-state index contributed by atoms with van der Waals surface area (Å²) in [4.78, 5) is 8.82. The Hall–Kier alpha value is -4.26. The van der Waals surface area contributed by atoms with Crippen LogP contribution in [-0.4, -0.2) is 37.0 Å². The van der Waals surface area contributed by atoms with Crippen LogP contribution in [0.1, 0.15) is 51.7 Å². The van der Waals surface area contributed by atoms with Crippen LogP contribution in [0.2, 0.25) is 0 Å². The highest BCUT2D eigenvalue weighted by Gasteiger charge is 2.09. The second-order valence-corrected chi connectivity index (χ2v) is 10.0. The maximum Gasteiger partial charge on any atom is 0.135 e. The quantitative estimate of drug-likeness (QED) is 0.123. The van der Waals surface area contributed by atoms with Crippen molar-refractivity contribution in [3.63, 3.8) is 0 Å². The first-order chi connectivity index (χ1) is 18.8. The SMILES string of the molecule is CC(C)N=C(N)c1cccc(OCCCCOc2ccc(-c3cc4ccc(C(N)=NC(C)C)cc4o3)cc2)c1. The van der Waals surface area contributed by atoms with Gasteiger partial charge >= 0.3 is 0 Å². The van der Waals surface area contributed by atoms with Crippen LogP contribution < -0.4 is 20.9 Å². The Bertz CT molecular complexity index is 1440. The first-order valence-electron chi connectivity index (χ1n) is 13.5. The first kappa shape index (κ1) is 27.8. The largest absolute Gasteiger partial charge is 0.494 e. The number of ether oxygens (including phenoxy) is 2. The lowest BCUT2D eigenvalue weighted by Gasteiger charge is -2.09. The number of nitrogens with zero attached hydrogens (tertiary/aromatic N) is 2. The Morgan fingerprint density at radius 1 is 0.718 bits per heavy atom. The molecule has 7 heteroatoms. The van der Waals surface area contributed by atoms with E-state index < -0.39 is 0 Å². The normalized spacial score (nSPS) is 12.5. The van der Waals surface area contributed by atoms with Crippen LogP contribution in [0.4, 0.5) is 0 Å². The molecule has 0 saturated carbocycles. The van der Waals surface area contributed by atoms with E-state index in [0.29, 0.717) is 24.9 Å². The van der Waals surface area contributed by atoms with Crippen molar-refractivity contribution < 1.29 is 13.9 Å². The van der Waals surface area contributed by atoms with E-state index in [-0.39, 0.29) is 12.1 Å². The highest BCUT2D eigenvalue weighted by Crippen LogP contribution is 2.30. The van der Waals surface area contributed by atoms with E-state index in [1.165, 1.54) is 0 Å². The summed E-state index contributed by atoms with van der Waals surface area (Å²) >= 11 is 0. The number of amidine groups is 2. The summed E-state index contributed by atoms with van der Waals surface area (Å²) in [5, 5.41) is 1.02. The second kappa shape index (κ2) is 13.0. The molecule has 0 saturated heterocycles. The average Bonchev–Trinajstić information content (AvgIpc) is 3.34. The molecular formula is C32H38N4O3. The molecule has 0 atom stereocenters. The zero-order valence-electron chi connectivity index (χ0n) is 23.2. The van der Waals surface area contributed by atoms with Crippen LogP contribution in [0.5, 0.6) is 11.5 Å². The van der Waals surface area contributed by atoms with Crippen molar-refractivity contribution in [2.45, 2.75) is 52.6 Å². The van der Waals surface area contributed by atoms with E-state index in [1.54, 1.807) is 0 Å². The van der Waals surface area contributed by atoms with Gasteiger partial charge in [-0.1, -0.05) is 24.3 Å². The van der Waals surface area contributed by atoms with Crippen molar-refractivity contribution in [3.8, 4) is 22.8 Å². The van der Waals surface area contributed by atoms with Gasteiger partial charge in [0.25, 0.3) is 0 Å². The van der Waals surface area contributed by atoms with Gasteiger partial charge in [0.15, 0.2) is 0 Å². The van der Waals surface area contributed by atoms with Crippen molar-refractivity contribution in [1.82, 2.24) is 0 Å². The Kier molecular flexibility index (Phi) is 9.26. The molecule has 4 N–H and O–H groups in total. The molecule has 0 spiro atoms. The van der Waals surface area contributed by atoms with E-state index in [9.17, 15) is 0 Å². The van der Waals surface area contributed by atoms with E-state index in [1.807, 2.05) is 100 Å². The summed E-state index contributed by atoms with van der Waals surface area (Å²) in [5.41, 5.74) is 15.7. The summed E-state index contributed by atoms with van der Waals surface area (Å²) < 4.78 is 17.9. The molecule has 204 valence electrons. The third kappa shape index (κ3) is 7.87. The number of aliphatic imine (C=N–C) groups is 2. The number of hydrogen-bond donors (Lipinski definition) is 2. The third-order valence-corrected chi connectivity index (χ3v) is 5.96. The summed E-state index contributed by atoms with van der Waals surface area (Å²) in [7, 11) is 0. The fraction of sp³-hybridized carbons (Fsp3) is 0.312. The van der Waals surface area contributed by atoms with Gasteiger partial charge < -0.3 is 25.4 Å². The molecule has 1 heterocycles. The summed E-state index contributed by atoms with van der Waals surface area (Å²) in [5.74, 6) is 3.46. The predicted molar refractivity (Wildman–Crippen MR) is 160 cm³/mol. The Morgan fingerprint density at radius 3 is 1.97 bits per heavy atom. The number of nitrogens with two attached hydrogens (primary N) is 2. The van der Waals surface area contributed by atoms with E-state index in [2.05, 4.69) is 9.98 Å². The van der Waals surface area contributed by atoms with Gasteiger partial charge in [-0.05, 0) is 89.1 Å². The number of fused-ring (bicyclic) bond motifs is 1. The molecule has 0 radical (unpaired) electrons. The average molecular weight is 527 g/mol. The number of hydrogen-bond acceptors (Lipinski definition) is 5. The van der Waals surface area contributed by atoms with Crippen LogP contribution in [0.15, 0.2) is 87.2 Å². The predicted octanol–water partition coefficient (Wildman–Crippen LogP) is 6.57. The van der Waals surface area contributed by atoms with Crippen LogP contribution >= 0.6 is 0 Å². The minimum atomic E-state index is 0.139. The summed E-state index contributed by atoms with van der Waals surface area (Å²) in [6, 6.07) is 23.9. The standard InChI is InChI=1S/C32H38N4O3/c1-21(2)35-31(33)25-8-7-9-28(18-25)38-17-6-5-16-37-27-14-12-23(13-15-27)29-19-24-10-11-26(20-30(24)39-29)32(34)36-22(3)4/h7-15,18-22H,5-6,16-17H2,1-4H3,(H2,33,35)(H2,34,36). The fourth-order valence-electron chi connectivity index (χ4n) is 4.08. The molecule has 0 bridgehead atoms. The number of furan rings is 1. The molecule has 4 rings (SSSR count). The molecule has 3 aromatic carbocycles. The van der Waals surface area contributed by atoms with Gasteiger partial charge in [-0.3, -0.25) is 9.98 Å². The second-order valence-electron chi connectivity index (χ2n) is 10.0. The number of benzene rings is 3. The minimum Gasteiger partial charge on any atom is -0.494 e. The van der Waals surface area contributed by atoms with Gasteiger partial charge in [-0.25, -0.2) is 0 Å². The van der Waals surface area contributed by atoms with E-state index >= 15 is 0 Å². The van der Waals surface area contributed by atoms with Crippen LogP contribution in [0.25, 0.3) is 22.3 Å². The maximum absolute atomic E-state index is 6.12. The molecule has 0 aliphatic heterocycles. The molecular weight excluding hydrogens is 488 g/mol. The zero-order chi connectivity index (χ0) is 27.8. The van der Waals surface area contributed by atoms with Gasteiger partial charge in [0.1, 0.15) is 34.5 Å². The van der Waals surface area contributed by atoms with Gasteiger partial charge in [-0.2, -0.15) is 0 Å². The Labute approximate surface area is 230 Å². The van der Waals surface area contributed by atoms with Crippen molar-refractivity contribution in [2.75, 3.05) is 13.2 Å². The monoisotopic (exact) mass is 526 g/mol. The van der Waals surface area contributed by atoms with Crippen LogP contribution in [0, 0.1) is 0 Å². The van der Waals surface area contributed by atoms with Gasteiger partial charge in [0.2, 0.25) is 0 Å². The van der Waals surface area contributed by atoms with E-state index in [4.69, 9.17) is 25.4 Å². The molecule has 4 aromatic rings. The van der Waals surface area contributed by atoms with Crippen molar-refractivity contribution >= 4 is 22.6 Å². The first-order valence-corrected chi connectivity index (χ1v) is 13.5. The maximum atomic E-state index is 6.12. The molecule has 39 heavy (non-hydrogen) atoms. The van der Waals surface area contributed by atoms with Crippen LogP contribution in [-0.2, 0) is 0 Å². The van der Waals surface area contributed by atoms with Gasteiger partial charge in [-0.15, -0.1) is 0 Å². The molecule has 0 amide bonds. The molecule has 0 aliphatic carbocycles. The topological polar surface area (TPSA) is 108 Å². The smallest absolute Gasteiger partial charge is 0.135 e. The number of unbranched alkanes of at least 4 members (excludes halogenated alkanes) is 1. The van der Waals surface area contributed by atoms with Crippen molar-refractivity contribution in [2.24, 2.45) is 21.5 Å². The van der Waals surface area contributed by atoms with Crippen LogP contribution in [0.3, 0.4) is 0 Å². The highest BCUT2D eigenvalue weighted by molar-refractivity contribution is 6.00. The summed E-state index contributed by atoms with van der Waals surface area (Å²) in [6.45, 7) is 9.23. The Balaban J connectivity index is 1.25. The zero-order valence-corrected chi connectivity index (χ0v) is 23.2. The minimum absolute atomic E-state index is 0.139. The van der Waals surface area contributed by atoms with Gasteiger partial charge in [0, 0.05) is 34.2 Å². The molecule has 7 nitrogen and oxygen atoms in total. The lowest BCUT2D eigenvalue weighted by atomic mass is 10.1. The Morgan fingerprint density at radius 2 is 1.33 bits per heavy atom. The molecule has 1 aromatic heterocycles. The highest BCUT2D eigenvalue weighted by atomic mass is 16.5. The molecule has 0 fully saturated rings. The summed E-state index contributed by atoms with van der Waals surface area (Å²) in [6.07, 6.45) is 1.76. The van der Waals surface area contributed by atoms with E-state index in [0.717, 1.165) is 57.8 Å². The fourth-order valence-corrected chi connectivity index (χ4v) is 4.08. The molecule has 0 aliphatic rings. The lowest BCUT2D eigenvalue weighted by molar-refractivity contribution is 0.266. The lowest BCUT2D eigenvalue weighted by Crippen LogP contribution is -2.15. The van der Waals surface area contributed by atoms with Crippen molar-refractivity contribution in [1.29, 1.82) is 0 Å². The third-order valence-electron chi connectivity index (χ3n) is 5.96. The van der Waals surface area contributed by atoms with Crippen molar-refractivity contribution in [3.05, 3.63) is 83.9 Å². The van der Waals surface area contributed by atoms with Gasteiger partial charge in [0.05, 0.1) is 13.2 Å².